The minimum Gasteiger partial charge on any atom is -0.338 e. The largest absolute Gasteiger partial charge is 0.338 e. The molecular formula is C11H6F4N2. The molecule has 0 aliphatic rings. The first-order valence-electron chi connectivity index (χ1n) is 4.61. The third-order valence-corrected chi connectivity index (χ3v) is 2.01. The summed E-state index contributed by atoms with van der Waals surface area (Å²) in [4.78, 5) is 3.40. The number of pyridine rings is 1. The van der Waals surface area contributed by atoms with Crippen LogP contribution in [0.5, 0.6) is 0 Å². The van der Waals surface area contributed by atoms with Crippen molar-refractivity contribution in [3.63, 3.8) is 0 Å². The van der Waals surface area contributed by atoms with Crippen LogP contribution in [0.2, 0.25) is 0 Å². The summed E-state index contributed by atoms with van der Waals surface area (Å²) in [5.41, 5.74) is -0.318. The van der Waals surface area contributed by atoms with Crippen molar-refractivity contribution in [3.05, 3.63) is 53.7 Å². The Hall–Kier alpha value is -2.11. The lowest BCUT2D eigenvalue weighted by Crippen LogP contribution is -2.00. The summed E-state index contributed by atoms with van der Waals surface area (Å²) in [5.74, 6) is -5.03. The summed E-state index contributed by atoms with van der Waals surface area (Å²) >= 11 is 0. The number of halogens is 4. The Balaban J connectivity index is 2.34. The fourth-order valence-electron chi connectivity index (χ4n) is 1.24. The molecule has 0 unspecified atom stereocenters. The molecule has 0 aliphatic carbocycles. The molecule has 17 heavy (non-hydrogen) atoms. The van der Waals surface area contributed by atoms with Crippen molar-refractivity contribution in [2.45, 2.75) is 0 Å². The van der Waals surface area contributed by atoms with E-state index < -0.39 is 23.4 Å². The summed E-state index contributed by atoms with van der Waals surface area (Å²) in [6.45, 7) is 0. The summed E-state index contributed by atoms with van der Waals surface area (Å²) < 4.78 is 51.5. The molecule has 2 rings (SSSR count). The van der Waals surface area contributed by atoms with Gasteiger partial charge in [-0.1, -0.05) is 6.07 Å². The summed E-state index contributed by atoms with van der Waals surface area (Å²) in [5, 5.41) is 2.35. The van der Waals surface area contributed by atoms with Crippen molar-refractivity contribution >= 4 is 11.5 Å². The quantitative estimate of drug-likeness (QED) is 0.496. The van der Waals surface area contributed by atoms with E-state index in [0.29, 0.717) is 0 Å². The number of benzene rings is 1. The molecule has 0 aliphatic heterocycles. The SMILES string of the molecule is Fc1cccc(Nc2ccc(F)c(F)c2F)n1. The van der Waals surface area contributed by atoms with Crippen molar-refractivity contribution in [1.82, 2.24) is 4.98 Å². The molecule has 2 nitrogen and oxygen atoms in total. The first-order valence-corrected chi connectivity index (χ1v) is 4.61. The highest BCUT2D eigenvalue weighted by molar-refractivity contribution is 5.56. The van der Waals surface area contributed by atoms with Gasteiger partial charge in [0.05, 0.1) is 5.69 Å². The molecule has 0 radical (unpaired) electrons. The maximum absolute atomic E-state index is 13.2. The van der Waals surface area contributed by atoms with Crippen LogP contribution in [-0.2, 0) is 0 Å². The first kappa shape index (κ1) is 11.4. The third-order valence-electron chi connectivity index (χ3n) is 2.01. The molecule has 0 atom stereocenters. The van der Waals surface area contributed by atoms with Crippen LogP contribution < -0.4 is 5.32 Å². The van der Waals surface area contributed by atoms with Crippen LogP contribution >= 0.6 is 0 Å². The lowest BCUT2D eigenvalue weighted by molar-refractivity contribution is 0.449. The van der Waals surface area contributed by atoms with Gasteiger partial charge in [-0.05, 0) is 24.3 Å². The average Bonchev–Trinajstić information content (AvgIpc) is 2.30. The van der Waals surface area contributed by atoms with Crippen molar-refractivity contribution in [2.24, 2.45) is 0 Å². The van der Waals surface area contributed by atoms with E-state index in [4.69, 9.17) is 0 Å². The Morgan fingerprint density at radius 3 is 2.35 bits per heavy atom. The van der Waals surface area contributed by atoms with Gasteiger partial charge in [0.2, 0.25) is 5.95 Å². The second-order valence-corrected chi connectivity index (χ2v) is 3.19. The number of nitrogens with one attached hydrogen (secondary N) is 1. The van der Waals surface area contributed by atoms with E-state index in [1.165, 1.54) is 12.1 Å². The van der Waals surface area contributed by atoms with Crippen LogP contribution in [0.25, 0.3) is 0 Å². The highest BCUT2D eigenvalue weighted by Crippen LogP contribution is 2.22. The molecule has 2 aromatic rings. The summed E-state index contributed by atoms with van der Waals surface area (Å²) in [6, 6.07) is 5.58. The van der Waals surface area contributed by atoms with Crippen LogP contribution in [0.15, 0.2) is 30.3 Å². The predicted molar refractivity (Wildman–Crippen MR) is 53.8 cm³/mol. The summed E-state index contributed by atoms with van der Waals surface area (Å²) in [7, 11) is 0. The number of aromatic nitrogens is 1. The minimum atomic E-state index is -1.59. The number of nitrogens with zero attached hydrogens (tertiary/aromatic N) is 1. The molecule has 1 aromatic heterocycles. The fourth-order valence-corrected chi connectivity index (χ4v) is 1.24. The Morgan fingerprint density at radius 2 is 1.65 bits per heavy atom. The molecule has 0 saturated carbocycles. The van der Waals surface area contributed by atoms with Gasteiger partial charge < -0.3 is 5.32 Å². The van der Waals surface area contributed by atoms with E-state index >= 15 is 0 Å². The van der Waals surface area contributed by atoms with Crippen molar-refractivity contribution in [2.75, 3.05) is 5.32 Å². The number of hydrogen-bond donors (Lipinski definition) is 1. The van der Waals surface area contributed by atoms with Crippen molar-refractivity contribution in [1.29, 1.82) is 0 Å². The maximum Gasteiger partial charge on any atom is 0.214 e. The predicted octanol–water partition coefficient (Wildman–Crippen LogP) is 3.38. The molecule has 0 fully saturated rings. The van der Waals surface area contributed by atoms with E-state index in [1.807, 2.05) is 0 Å². The zero-order valence-corrected chi connectivity index (χ0v) is 8.35. The van der Waals surface area contributed by atoms with Gasteiger partial charge in [0, 0.05) is 0 Å². The Labute approximate surface area is 93.9 Å². The second kappa shape index (κ2) is 4.40. The average molecular weight is 242 g/mol. The lowest BCUT2D eigenvalue weighted by atomic mass is 10.2. The van der Waals surface area contributed by atoms with E-state index in [-0.39, 0.29) is 11.5 Å². The van der Waals surface area contributed by atoms with Gasteiger partial charge in [0.15, 0.2) is 17.5 Å². The molecule has 0 saturated heterocycles. The molecule has 0 bridgehead atoms. The van der Waals surface area contributed by atoms with Gasteiger partial charge in [-0.25, -0.2) is 18.2 Å². The first-order chi connectivity index (χ1) is 8.08. The van der Waals surface area contributed by atoms with Gasteiger partial charge in [0.1, 0.15) is 5.82 Å². The van der Waals surface area contributed by atoms with Crippen LogP contribution in [0.1, 0.15) is 0 Å². The lowest BCUT2D eigenvalue weighted by Gasteiger charge is -2.07. The van der Waals surface area contributed by atoms with Gasteiger partial charge in [-0.15, -0.1) is 0 Å². The Bertz CT molecular complexity index is 557. The van der Waals surface area contributed by atoms with Crippen LogP contribution in [0.4, 0.5) is 29.1 Å². The standard InChI is InChI=1S/C11H6F4N2/c12-6-4-5-7(11(15)10(6)14)16-9-3-1-2-8(13)17-9/h1-5H,(H,16,17). The molecule has 1 aromatic carbocycles. The zero-order valence-electron chi connectivity index (χ0n) is 8.35. The smallest absolute Gasteiger partial charge is 0.214 e. The van der Waals surface area contributed by atoms with Gasteiger partial charge >= 0.3 is 0 Å². The topological polar surface area (TPSA) is 24.9 Å². The second-order valence-electron chi connectivity index (χ2n) is 3.19. The monoisotopic (exact) mass is 242 g/mol. The molecule has 88 valence electrons. The van der Waals surface area contributed by atoms with E-state index in [0.717, 1.165) is 18.2 Å². The highest BCUT2D eigenvalue weighted by atomic mass is 19.2. The van der Waals surface area contributed by atoms with Gasteiger partial charge in [-0.3, -0.25) is 0 Å². The van der Waals surface area contributed by atoms with Crippen LogP contribution in [-0.4, -0.2) is 4.98 Å². The molecule has 1 heterocycles. The zero-order chi connectivity index (χ0) is 12.4. The highest BCUT2D eigenvalue weighted by Gasteiger charge is 2.13. The Morgan fingerprint density at radius 1 is 0.882 bits per heavy atom. The number of hydrogen-bond acceptors (Lipinski definition) is 2. The Kier molecular flexibility index (Phi) is 2.95. The van der Waals surface area contributed by atoms with E-state index in [1.54, 1.807) is 0 Å². The van der Waals surface area contributed by atoms with Crippen molar-refractivity contribution < 1.29 is 17.6 Å². The molecule has 0 spiro atoms. The number of rotatable bonds is 2. The van der Waals surface area contributed by atoms with Gasteiger partial charge in [0.25, 0.3) is 0 Å². The molecule has 0 amide bonds. The molecule has 6 heteroatoms. The van der Waals surface area contributed by atoms with Crippen molar-refractivity contribution in [3.8, 4) is 0 Å². The maximum atomic E-state index is 13.2. The van der Waals surface area contributed by atoms with Crippen LogP contribution in [0, 0.1) is 23.4 Å². The molecule has 1 N–H and O–H groups in total. The van der Waals surface area contributed by atoms with E-state index in [2.05, 4.69) is 10.3 Å². The number of anilines is 2. The van der Waals surface area contributed by atoms with E-state index in [9.17, 15) is 17.6 Å². The van der Waals surface area contributed by atoms with Gasteiger partial charge in [-0.2, -0.15) is 4.39 Å². The normalized spacial score (nSPS) is 10.4. The fraction of sp³-hybridized carbons (Fsp3) is 0. The van der Waals surface area contributed by atoms with Crippen LogP contribution in [0.3, 0.4) is 0 Å². The third kappa shape index (κ3) is 2.35. The summed E-state index contributed by atoms with van der Waals surface area (Å²) in [6.07, 6.45) is 0. The minimum absolute atomic E-state index is 0.00471. The molecular weight excluding hydrogens is 236 g/mol.